The number of thiophene rings is 1. The summed E-state index contributed by atoms with van der Waals surface area (Å²) in [5.41, 5.74) is 13.2. The van der Waals surface area contributed by atoms with Gasteiger partial charge in [-0.15, -0.1) is 11.3 Å². The Morgan fingerprint density at radius 1 is 0.593 bits per heavy atom. The smallest absolute Gasteiger partial charge is 0.135 e. The van der Waals surface area contributed by atoms with Crippen molar-refractivity contribution < 1.29 is 4.42 Å². The molecule has 0 bridgehead atoms. The topological polar surface area (TPSA) is 37.5 Å². The molecule has 0 fully saturated rings. The first kappa shape index (κ1) is 35.7. The number of amidine groups is 1. The van der Waals surface area contributed by atoms with E-state index in [0.717, 1.165) is 47.2 Å². The molecule has 1 N–H and O–H groups in total. The highest BCUT2D eigenvalue weighted by Crippen LogP contribution is 2.51. The number of para-hydroxylation sites is 1. The molecule has 11 rings (SSSR count). The molecule has 0 radical (unpaired) electrons. The number of rotatable bonds is 6. The fraction of sp³-hybridized carbons (Fsp3) is 0.145. The van der Waals surface area contributed by atoms with Gasteiger partial charge >= 0.3 is 0 Å². The first-order valence-corrected chi connectivity index (χ1v) is 21.8. The predicted molar refractivity (Wildman–Crippen MR) is 248 cm³/mol. The van der Waals surface area contributed by atoms with Gasteiger partial charge < -0.3 is 9.73 Å². The van der Waals surface area contributed by atoms with E-state index in [0.29, 0.717) is 11.8 Å². The summed E-state index contributed by atoms with van der Waals surface area (Å²) < 4.78 is 7.96. The monoisotopic (exact) mass is 780 g/mol. The largest absolute Gasteiger partial charge is 0.456 e. The van der Waals surface area contributed by atoms with E-state index >= 15 is 0 Å². The number of fused-ring (bicyclic) bond motifs is 6. The number of benzene rings is 7. The van der Waals surface area contributed by atoms with Crippen LogP contribution in [0.4, 0.5) is 0 Å². The van der Waals surface area contributed by atoms with E-state index in [1.54, 1.807) is 0 Å². The van der Waals surface area contributed by atoms with Gasteiger partial charge in [0.15, 0.2) is 0 Å². The van der Waals surface area contributed by atoms with E-state index in [-0.39, 0.29) is 12.1 Å². The lowest BCUT2D eigenvalue weighted by Crippen LogP contribution is -2.32. The second-order valence-corrected chi connectivity index (χ2v) is 17.2. The maximum absolute atomic E-state index is 6.62. The van der Waals surface area contributed by atoms with Gasteiger partial charge in [0, 0.05) is 37.2 Å². The highest BCUT2D eigenvalue weighted by molar-refractivity contribution is 7.20. The first-order valence-electron chi connectivity index (χ1n) is 21.0. The van der Waals surface area contributed by atoms with E-state index in [1.807, 2.05) is 11.3 Å². The summed E-state index contributed by atoms with van der Waals surface area (Å²) in [5, 5.41) is 7.78. The Kier molecular flexibility index (Phi) is 9.08. The van der Waals surface area contributed by atoms with Gasteiger partial charge in [-0.3, -0.25) is 4.99 Å². The van der Waals surface area contributed by atoms with Crippen molar-refractivity contribution in [2.75, 3.05) is 0 Å². The molecule has 1 aliphatic carbocycles. The molecule has 7 aromatic carbocycles. The molecule has 0 spiro atoms. The fourth-order valence-electron chi connectivity index (χ4n) is 9.67. The number of nitrogens with one attached hydrogen (secondary N) is 1. The Hall–Kier alpha value is -6.49. The van der Waals surface area contributed by atoms with Crippen LogP contribution in [-0.4, -0.2) is 5.84 Å². The van der Waals surface area contributed by atoms with Gasteiger partial charge in [0.1, 0.15) is 17.0 Å². The Morgan fingerprint density at radius 3 is 2.08 bits per heavy atom. The number of furan rings is 1. The molecule has 9 aromatic rings. The highest BCUT2D eigenvalue weighted by atomic mass is 32.1. The summed E-state index contributed by atoms with van der Waals surface area (Å²) in [6, 6.07) is 61.4. The number of nitrogens with zero attached hydrogens (tertiary/aromatic N) is 1. The quantitative estimate of drug-likeness (QED) is 0.182. The molecule has 1 aliphatic heterocycles. The summed E-state index contributed by atoms with van der Waals surface area (Å²) in [4.78, 5) is 7.06. The summed E-state index contributed by atoms with van der Waals surface area (Å²) in [6.07, 6.45) is 7.69. The highest BCUT2D eigenvalue weighted by Gasteiger charge is 2.31. The molecule has 59 heavy (non-hydrogen) atoms. The molecule has 2 aliphatic rings. The van der Waals surface area contributed by atoms with Crippen molar-refractivity contribution in [1.82, 2.24) is 5.32 Å². The summed E-state index contributed by atoms with van der Waals surface area (Å²) >= 11 is 1.98. The van der Waals surface area contributed by atoms with Crippen LogP contribution in [0.5, 0.6) is 0 Å². The zero-order valence-corrected chi connectivity index (χ0v) is 33.8. The average molecular weight is 781 g/mol. The molecule has 4 heteroatoms. The molecular formula is C55H44N2OS. The lowest BCUT2D eigenvalue weighted by Gasteiger charge is -2.29. The minimum atomic E-state index is -0.0168. The van der Waals surface area contributed by atoms with Gasteiger partial charge in [0.25, 0.3) is 0 Å². The summed E-state index contributed by atoms with van der Waals surface area (Å²) in [7, 11) is 0. The van der Waals surface area contributed by atoms with E-state index in [9.17, 15) is 0 Å². The van der Waals surface area contributed by atoms with E-state index < -0.39 is 0 Å². The van der Waals surface area contributed by atoms with Crippen molar-refractivity contribution in [1.29, 1.82) is 0 Å². The molecule has 286 valence electrons. The minimum absolute atomic E-state index is 0.0168. The maximum atomic E-state index is 6.62. The van der Waals surface area contributed by atoms with Crippen LogP contribution in [0.25, 0.3) is 60.4 Å². The molecule has 2 aromatic heterocycles. The van der Waals surface area contributed by atoms with E-state index in [1.165, 1.54) is 64.9 Å². The Morgan fingerprint density at radius 2 is 1.29 bits per heavy atom. The van der Waals surface area contributed by atoms with Crippen molar-refractivity contribution in [2.24, 2.45) is 10.9 Å². The van der Waals surface area contributed by atoms with Crippen LogP contribution < -0.4 is 5.32 Å². The van der Waals surface area contributed by atoms with Gasteiger partial charge in [-0.2, -0.15) is 0 Å². The fourth-order valence-corrected chi connectivity index (χ4v) is 11.2. The van der Waals surface area contributed by atoms with Crippen LogP contribution in [0.3, 0.4) is 0 Å². The molecule has 0 saturated heterocycles. The zero-order valence-electron chi connectivity index (χ0n) is 33.0. The molecule has 0 saturated carbocycles. The third kappa shape index (κ3) is 6.40. The standard InChI is InChI=1S/C55H44N2OS/c1-35-27-32-44-43-23-13-22-42(53(43)59-54(44)50(35)39-17-7-3-8-18-39)41-33-34-49-52(45-21-11-12-26-48(45)58-49)51(41)47-25-14-24-46(56-55(57-47)40-19-9-4-10-20-40)38-30-28-37(29-31-38)36-15-5-2-6-16-36/h2-13,15-23,26-35,46-47,50H,14,24-25H2,1H3,(H,56,57). The van der Waals surface area contributed by atoms with Crippen LogP contribution in [0.1, 0.15) is 76.9 Å². The normalized spacial score (nSPS) is 19.2. The Balaban J connectivity index is 1.07. The number of allylic oxidation sites excluding steroid dienone is 1. The van der Waals surface area contributed by atoms with Gasteiger partial charge in [-0.25, -0.2) is 0 Å². The van der Waals surface area contributed by atoms with Gasteiger partial charge in [-0.05, 0) is 81.8 Å². The van der Waals surface area contributed by atoms with Crippen LogP contribution >= 0.6 is 11.3 Å². The zero-order chi connectivity index (χ0) is 39.3. The van der Waals surface area contributed by atoms with Crippen LogP contribution in [-0.2, 0) is 0 Å². The molecule has 0 amide bonds. The molecule has 4 unspecified atom stereocenters. The molecular weight excluding hydrogens is 737 g/mol. The van der Waals surface area contributed by atoms with Crippen molar-refractivity contribution in [3.8, 4) is 22.3 Å². The molecule has 3 heterocycles. The SMILES string of the molecule is CC1C=Cc2c(sc3c(-c4ccc5oc6ccccc6c5c4C4CCCC(c5ccc(-c6ccccc6)cc5)N=C(c5ccccc5)N4)cccc23)C1c1ccccc1. The number of hydrogen-bond acceptors (Lipinski definition) is 4. The predicted octanol–water partition coefficient (Wildman–Crippen LogP) is 14.9. The lowest BCUT2D eigenvalue weighted by molar-refractivity contribution is 0.496. The third-order valence-electron chi connectivity index (χ3n) is 12.6. The Labute approximate surface area is 349 Å². The Bertz CT molecular complexity index is 3010. The number of hydrogen-bond donors (Lipinski definition) is 1. The van der Waals surface area contributed by atoms with Crippen molar-refractivity contribution in [3.63, 3.8) is 0 Å². The second-order valence-electron chi connectivity index (χ2n) is 16.1. The maximum Gasteiger partial charge on any atom is 0.135 e. The van der Waals surface area contributed by atoms with Gasteiger partial charge in [-0.1, -0.05) is 177 Å². The average Bonchev–Trinajstić information content (AvgIpc) is 3.86. The van der Waals surface area contributed by atoms with Crippen molar-refractivity contribution in [2.45, 2.75) is 44.2 Å². The molecule has 3 nitrogen and oxygen atoms in total. The third-order valence-corrected chi connectivity index (χ3v) is 13.9. The van der Waals surface area contributed by atoms with E-state index in [2.05, 4.69) is 194 Å². The summed E-state index contributed by atoms with van der Waals surface area (Å²) in [6.45, 7) is 2.36. The van der Waals surface area contributed by atoms with Gasteiger partial charge in [0.2, 0.25) is 0 Å². The van der Waals surface area contributed by atoms with Crippen LogP contribution in [0.15, 0.2) is 185 Å². The number of aliphatic imine (C=N–C) groups is 1. The summed E-state index contributed by atoms with van der Waals surface area (Å²) in [5.74, 6) is 1.66. The molecule has 4 atom stereocenters. The first-order chi connectivity index (χ1) is 29.2. The minimum Gasteiger partial charge on any atom is -0.456 e. The van der Waals surface area contributed by atoms with E-state index in [4.69, 9.17) is 9.41 Å². The van der Waals surface area contributed by atoms with Crippen molar-refractivity contribution in [3.05, 3.63) is 209 Å². The van der Waals surface area contributed by atoms with Crippen LogP contribution in [0.2, 0.25) is 0 Å². The lowest BCUT2D eigenvalue weighted by atomic mass is 9.80. The van der Waals surface area contributed by atoms with Crippen molar-refractivity contribution >= 4 is 55.3 Å². The van der Waals surface area contributed by atoms with Gasteiger partial charge in [0.05, 0.1) is 12.1 Å². The second kappa shape index (κ2) is 15.0. The van der Waals surface area contributed by atoms with Crippen LogP contribution in [0, 0.1) is 5.92 Å².